The zero-order valence-electron chi connectivity index (χ0n) is 16.8. The molecule has 9 heteroatoms. The molecule has 1 saturated carbocycles. The second kappa shape index (κ2) is 9.57. The highest BCUT2D eigenvalue weighted by Gasteiger charge is 2.49. The highest BCUT2D eigenvalue weighted by Crippen LogP contribution is 2.54. The maximum atomic E-state index is 12.2. The van der Waals surface area contributed by atoms with Gasteiger partial charge in [0.1, 0.15) is 0 Å². The van der Waals surface area contributed by atoms with Gasteiger partial charge in [0.25, 0.3) is 17.7 Å². The number of hydrogen-bond acceptors (Lipinski definition) is 7. The van der Waals surface area contributed by atoms with Crippen molar-refractivity contribution in [2.75, 3.05) is 7.05 Å². The molecule has 0 N–H and O–H groups in total. The predicted molar refractivity (Wildman–Crippen MR) is 101 cm³/mol. The SMILES string of the molecule is CN(OC(=O)CC1[C@H]2CCC#CCC[C@@H]12)C(=O)CCCC(=O)ON1C(=O)C=CC1=O. The van der Waals surface area contributed by atoms with Crippen LogP contribution in [-0.2, 0) is 33.6 Å². The Bertz CT molecular complexity index is 802. The maximum absolute atomic E-state index is 12.2. The molecule has 3 amide bonds. The van der Waals surface area contributed by atoms with Gasteiger partial charge in [-0.05, 0) is 37.0 Å². The average Bonchev–Trinajstić information content (AvgIpc) is 3.19. The smallest absolute Gasteiger partial charge is 0.333 e. The van der Waals surface area contributed by atoms with Crippen LogP contribution in [0.25, 0.3) is 0 Å². The van der Waals surface area contributed by atoms with E-state index in [0.29, 0.717) is 22.8 Å². The standard InChI is InChI=1S/C21H24N2O7/c1-22(29-21(28)13-16-14-7-4-2-3-5-8-15(14)16)17(24)9-6-10-20(27)30-23-18(25)11-12-19(23)26/h11-12,14-16H,4-10,13H2,1H3/t14-,15+,16?. The lowest BCUT2D eigenvalue weighted by Gasteiger charge is -2.16. The first kappa shape index (κ1) is 21.6. The summed E-state index contributed by atoms with van der Waals surface area (Å²) in [6, 6.07) is 0. The molecule has 3 atom stereocenters. The van der Waals surface area contributed by atoms with Gasteiger partial charge in [0.05, 0.1) is 6.42 Å². The molecular weight excluding hydrogens is 392 g/mol. The number of carbonyl (C=O) groups excluding carboxylic acids is 5. The Balaban J connectivity index is 1.32. The first-order chi connectivity index (χ1) is 14.4. The van der Waals surface area contributed by atoms with E-state index in [1.165, 1.54) is 7.05 Å². The molecule has 0 aromatic rings. The quantitative estimate of drug-likeness (QED) is 0.349. The van der Waals surface area contributed by atoms with Crippen LogP contribution in [0, 0.1) is 29.6 Å². The molecule has 0 aromatic carbocycles. The molecule has 2 aliphatic carbocycles. The molecule has 1 fully saturated rings. The van der Waals surface area contributed by atoms with E-state index in [4.69, 9.17) is 4.84 Å². The van der Waals surface area contributed by atoms with Crippen molar-refractivity contribution in [3.8, 4) is 11.8 Å². The molecule has 1 unspecified atom stereocenters. The van der Waals surface area contributed by atoms with Crippen LogP contribution in [0.3, 0.4) is 0 Å². The van der Waals surface area contributed by atoms with Crippen LogP contribution in [0.15, 0.2) is 12.2 Å². The number of fused-ring (bicyclic) bond motifs is 1. The lowest BCUT2D eigenvalue weighted by molar-refractivity contribution is -0.196. The van der Waals surface area contributed by atoms with Gasteiger partial charge in [-0.2, -0.15) is 5.06 Å². The first-order valence-electron chi connectivity index (χ1n) is 10.1. The average molecular weight is 416 g/mol. The molecule has 0 saturated heterocycles. The van der Waals surface area contributed by atoms with Crippen molar-refractivity contribution in [2.24, 2.45) is 17.8 Å². The lowest BCUT2D eigenvalue weighted by atomic mass is 10.1. The molecule has 3 aliphatic rings. The number of rotatable bonds is 7. The van der Waals surface area contributed by atoms with E-state index < -0.39 is 29.7 Å². The Morgan fingerprint density at radius 1 is 1.03 bits per heavy atom. The van der Waals surface area contributed by atoms with Gasteiger partial charge < -0.3 is 9.68 Å². The van der Waals surface area contributed by atoms with Gasteiger partial charge in [-0.3, -0.25) is 14.4 Å². The van der Waals surface area contributed by atoms with Crippen LogP contribution >= 0.6 is 0 Å². The molecule has 30 heavy (non-hydrogen) atoms. The third-order valence-corrected chi connectivity index (χ3v) is 5.57. The zero-order chi connectivity index (χ0) is 21.7. The van der Waals surface area contributed by atoms with E-state index in [1.54, 1.807) is 0 Å². The minimum atomic E-state index is -0.806. The van der Waals surface area contributed by atoms with E-state index in [2.05, 4.69) is 16.7 Å². The molecule has 0 radical (unpaired) electrons. The summed E-state index contributed by atoms with van der Waals surface area (Å²) in [6.45, 7) is 0. The normalized spacial score (nSPS) is 24.2. The number of amides is 3. The number of hydroxylamine groups is 4. The molecular formula is C21H24N2O7. The molecule has 0 spiro atoms. The molecule has 9 nitrogen and oxygen atoms in total. The third kappa shape index (κ3) is 5.47. The highest BCUT2D eigenvalue weighted by molar-refractivity contribution is 6.12. The van der Waals surface area contributed by atoms with Gasteiger partial charge in [0, 0.05) is 44.9 Å². The zero-order valence-corrected chi connectivity index (χ0v) is 16.8. The predicted octanol–water partition coefficient (Wildman–Crippen LogP) is 1.29. The number of carbonyl (C=O) groups is 5. The van der Waals surface area contributed by atoms with Gasteiger partial charge in [-0.1, -0.05) is 5.06 Å². The van der Waals surface area contributed by atoms with Gasteiger partial charge in [-0.25, -0.2) is 9.59 Å². The topological polar surface area (TPSA) is 110 Å². The summed E-state index contributed by atoms with van der Waals surface area (Å²) in [6.07, 6.45) is 5.92. The summed E-state index contributed by atoms with van der Waals surface area (Å²) < 4.78 is 0. The Kier molecular flexibility index (Phi) is 6.87. The third-order valence-electron chi connectivity index (χ3n) is 5.57. The van der Waals surface area contributed by atoms with Crippen LogP contribution in [0.4, 0.5) is 0 Å². The Hall–Kier alpha value is -3.15. The van der Waals surface area contributed by atoms with Crippen LogP contribution in [0.2, 0.25) is 0 Å². The molecule has 0 bridgehead atoms. The number of nitrogens with zero attached hydrogens (tertiary/aromatic N) is 2. The minimum absolute atomic E-state index is 0.0506. The van der Waals surface area contributed by atoms with E-state index in [1.807, 2.05) is 0 Å². The lowest BCUT2D eigenvalue weighted by Crippen LogP contribution is -2.33. The van der Waals surface area contributed by atoms with Crippen molar-refractivity contribution in [3.63, 3.8) is 0 Å². The summed E-state index contributed by atoms with van der Waals surface area (Å²) >= 11 is 0. The Labute approximate surface area is 174 Å². The Morgan fingerprint density at radius 2 is 1.63 bits per heavy atom. The van der Waals surface area contributed by atoms with Crippen molar-refractivity contribution in [2.45, 2.75) is 51.4 Å². The van der Waals surface area contributed by atoms with Crippen LogP contribution < -0.4 is 0 Å². The van der Waals surface area contributed by atoms with E-state index in [9.17, 15) is 24.0 Å². The molecule has 3 rings (SSSR count). The molecule has 160 valence electrons. The number of hydrogen-bond donors (Lipinski definition) is 0. The Morgan fingerprint density at radius 3 is 2.23 bits per heavy atom. The van der Waals surface area contributed by atoms with Crippen molar-refractivity contribution in [3.05, 3.63) is 12.2 Å². The molecule has 1 aliphatic heterocycles. The fourth-order valence-electron chi connectivity index (χ4n) is 3.94. The van der Waals surface area contributed by atoms with Crippen molar-refractivity contribution < 1.29 is 33.6 Å². The van der Waals surface area contributed by atoms with Crippen molar-refractivity contribution >= 4 is 29.7 Å². The van der Waals surface area contributed by atoms with Crippen LogP contribution in [-0.4, -0.2) is 46.8 Å². The monoisotopic (exact) mass is 416 g/mol. The molecule has 1 heterocycles. The van der Waals surface area contributed by atoms with Crippen LogP contribution in [0.1, 0.15) is 51.4 Å². The second-order valence-electron chi connectivity index (χ2n) is 7.60. The number of imide groups is 1. The summed E-state index contributed by atoms with van der Waals surface area (Å²) in [4.78, 5) is 68.4. The fraction of sp³-hybridized carbons (Fsp3) is 0.571. The second-order valence-corrected chi connectivity index (χ2v) is 7.60. The highest BCUT2D eigenvalue weighted by atomic mass is 16.7. The van der Waals surface area contributed by atoms with Gasteiger partial charge in [0.2, 0.25) is 0 Å². The van der Waals surface area contributed by atoms with Gasteiger partial charge in [-0.15, -0.1) is 11.8 Å². The van der Waals surface area contributed by atoms with Gasteiger partial charge in [0.15, 0.2) is 0 Å². The van der Waals surface area contributed by atoms with Crippen molar-refractivity contribution in [1.82, 2.24) is 10.1 Å². The summed E-state index contributed by atoms with van der Waals surface area (Å²) in [5, 5.41) is 1.25. The first-order valence-corrected chi connectivity index (χ1v) is 10.1. The van der Waals surface area contributed by atoms with E-state index in [-0.39, 0.29) is 25.7 Å². The maximum Gasteiger partial charge on any atom is 0.333 e. The van der Waals surface area contributed by atoms with E-state index in [0.717, 1.165) is 42.9 Å². The summed E-state index contributed by atoms with van der Waals surface area (Å²) in [5.74, 6) is 4.41. The largest absolute Gasteiger partial charge is 0.338 e. The molecule has 0 aromatic heterocycles. The van der Waals surface area contributed by atoms with Crippen molar-refractivity contribution in [1.29, 1.82) is 0 Å². The fourth-order valence-corrected chi connectivity index (χ4v) is 3.94. The minimum Gasteiger partial charge on any atom is -0.338 e. The summed E-state index contributed by atoms with van der Waals surface area (Å²) in [7, 11) is 1.36. The van der Waals surface area contributed by atoms with E-state index >= 15 is 0 Å². The van der Waals surface area contributed by atoms with Gasteiger partial charge >= 0.3 is 11.9 Å². The summed E-state index contributed by atoms with van der Waals surface area (Å²) in [5.41, 5.74) is 0. The van der Waals surface area contributed by atoms with Crippen LogP contribution in [0.5, 0.6) is 0 Å².